The van der Waals surface area contributed by atoms with Gasteiger partial charge >= 0.3 is 0 Å². The van der Waals surface area contributed by atoms with Crippen molar-refractivity contribution in [1.29, 1.82) is 0 Å². The van der Waals surface area contributed by atoms with Gasteiger partial charge in [-0.2, -0.15) is 4.98 Å². The van der Waals surface area contributed by atoms with Gasteiger partial charge in [0.05, 0.1) is 13.2 Å². The molecule has 9 heteroatoms. The number of hydrogen-bond acceptors (Lipinski definition) is 6. The van der Waals surface area contributed by atoms with E-state index in [4.69, 9.17) is 4.74 Å². The first-order valence-corrected chi connectivity index (χ1v) is 8.06. The number of nitrogens with zero attached hydrogens (tertiary/aromatic N) is 4. The molecule has 2 heterocycles. The molecule has 0 saturated carbocycles. The molecule has 1 aromatic carbocycles. The molecule has 134 valence electrons. The van der Waals surface area contributed by atoms with Crippen LogP contribution in [0.4, 0.5) is 5.69 Å². The number of fused-ring (bicyclic) bond motifs is 1. The molecule has 2 N–H and O–H groups in total. The maximum atomic E-state index is 12.1. The molecule has 26 heavy (non-hydrogen) atoms. The predicted molar refractivity (Wildman–Crippen MR) is 94.1 cm³/mol. The highest BCUT2D eigenvalue weighted by atomic mass is 16.5. The first-order chi connectivity index (χ1) is 12.6. The molecule has 0 aliphatic heterocycles. The molecule has 0 fully saturated rings. The number of benzene rings is 1. The van der Waals surface area contributed by atoms with Crippen molar-refractivity contribution in [2.75, 3.05) is 18.5 Å². The Morgan fingerprint density at radius 1 is 1.19 bits per heavy atom. The molecule has 0 spiro atoms. The molecule has 0 radical (unpaired) electrons. The number of aryl methyl sites for hydroxylation is 1. The predicted octanol–water partition coefficient (Wildman–Crippen LogP) is 1.20. The lowest BCUT2D eigenvalue weighted by Gasteiger charge is -2.07. The Balaban J connectivity index is 1.56. The second-order valence-corrected chi connectivity index (χ2v) is 5.42. The van der Waals surface area contributed by atoms with E-state index in [0.717, 1.165) is 11.4 Å². The Morgan fingerprint density at radius 3 is 2.65 bits per heavy atom. The van der Waals surface area contributed by atoms with Crippen LogP contribution in [0.15, 0.2) is 36.5 Å². The van der Waals surface area contributed by atoms with E-state index >= 15 is 0 Å². The minimum atomic E-state index is -0.545. The van der Waals surface area contributed by atoms with Gasteiger partial charge in [-0.25, -0.2) is 9.50 Å². The number of amides is 2. The van der Waals surface area contributed by atoms with E-state index < -0.39 is 5.91 Å². The van der Waals surface area contributed by atoms with Gasteiger partial charge < -0.3 is 15.4 Å². The van der Waals surface area contributed by atoms with Crippen LogP contribution in [-0.2, 0) is 4.79 Å². The third kappa shape index (κ3) is 3.94. The number of ether oxygens (including phenoxy) is 1. The van der Waals surface area contributed by atoms with Crippen molar-refractivity contribution in [3.8, 4) is 5.75 Å². The summed E-state index contributed by atoms with van der Waals surface area (Å²) in [4.78, 5) is 32.2. The van der Waals surface area contributed by atoms with Crippen LogP contribution in [0, 0.1) is 6.92 Å². The van der Waals surface area contributed by atoms with Gasteiger partial charge in [0.25, 0.3) is 11.7 Å². The smallest absolute Gasteiger partial charge is 0.291 e. The zero-order valence-electron chi connectivity index (χ0n) is 14.4. The quantitative estimate of drug-likeness (QED) is 0.688. The Hall–Kier alpha value is -3.49. The van der Waals surface area contributed by atoms with Crippen LogP contribution in [0.1, 0.15) is 23.2 Å². The highest BCUT2D eigenvalue weighted by Gasteiger charge is 2.15. The fourth-order valence-corrected chi connectivity index (χ4v) is 2.25. The van der Waals surface area contributed by atoms with Gasteiger partial charge in [0.15, 0.2) is 0 Å². The summed E-state index contributed by atoms with van der Waals surface area (Å²) in [6.07, 6.45) is 1.59. The summed E-state index contributed by atoms with van der Waals surface area (Å²) >= 11 is 0. The Bertz CT molecular complexity index is 935. The number of anilines is 1. The largest absolute Gasteiger partial charge is 0.494 e. The monoisotopic (exact) mass is 354 g/mol. The van der Waals surface area contributed by atoms with Crippen molar-refractivity contribution in [1.82, 2.24) is 24.9 Å². The molecule has 0 aliphatic carbocycles. The summed E-state index contributed by atoms with van der Waals surface area (Å²) < 4.78 is 6.80. The molecule has 0 aliphatic rings. The molecule has 2 aromatic heterocycles. The van der Waals surface area contributed by atoms with E-state index in [1.54, 1.807) is 36.5 Å². The molecule has 3 aromatic rings. The van der Waals surface area contributed by atoms with Crippen molar-refractivity contribution in [2.24, 2.45) is 0 Å². The van der Waals surface area contributed by atoms with Crippen LogP contribution < -0.4 is 15.4 Å². The fraction of sp³-hybridized carbons (Fsp3) is 0.235. The number of aromatic nitrogens is 4. The minimum absolute atomic E-state index is 0.0410. The third-order valence-electron chi connectivity index (χ3n) is 3.49. The van der Waals surface area contributed by atoms with Crippen molar-refractivity contribution in [3.63, 3.8) is 0 Å². The zero-order chi connectivity index (χ0) is 18.5. The molecule has 0 saturated heterocycles. The number of nitrogens with one attached hydrogen (secondary N) is 2. The van der Waals surface area contributed by atoms with Gasteiger partial charge in [-0.3, -0.25) is 9.59 Å². The molecule has 2 amide bonds. The topological polar surface area (TPSA) is 111 Å². The summed E-state index contributed by atoms with van der Waals surface area (Å²) in [5.41, 5.74) is 1.41. The molecule has 0 bridgehead atoms. The highest BCUT2D eigenvalue weighted by Crippen LogP contribution is 2.15. The average Bonchev–Trinajstić information content (AvgIpc) is 3.07. The molecular weight excluding hydrogens is 336 g/mol. The SMILES string of the molecule is CCOc1ccc(NC(=O)CNC(=O)c2nc3nccc(C)n3n2)cc1. The molecular formula is C17H18N6O3. The van der Waals surface area contributed by atoms with Crippen LogP contribution >= 0.6 is 0 Å². The summed E-state index contributed by atoms with van der Waals surface area (Å²) in [6, 6.07) is 8.72. The summed E-state index contributed by atoms with van der Waals surface area (Å²) in [5.74, 6) is 0.104. The summed E-state index contributed by atoms with van der Waals surface area (Å²) in [6.45, 7) is 4.10. The Morgan fingerprint density at radius 2 is 1.96 bits per heavy atom. The summed E-state index contributed by atoms with van der Waals surface area (Å²) in [7, 11) is 0. The third-order valence-corrected chi connectivity index (χ3v) is 3.49. The lowest BCUT2D eigenvalue weighted by Crippen LogP contribution is -2.33. The maximum absolute atomic E-state index is 12.1. The van der Waals surface area contributed by atoms with E-state index in [1.165, 1.54) is 4.52 Å². The number of carbonyl (C=O) groups is 2. The van der Waals surface area contributed by atoms with Crippen molar-refractivity contribution in [3.05, 3.63) is 48.0 Å². The van der Waals surface area contributed by atoms with Gasteiger partial charge in [0, 0.05) is 17.6 Å². The van der Waals surface area contributed by atoms with E-state index in [0.29, 0.717) is 18.1 Å². The zero-order valence-corrected chi connectivity index (χ0v) is 14.4. The second kappa shape index (κ2) is 7.60. The number of rotatable bonds is 6. The molecule has 0 atom stereocenters. The van der Waals surface area contributed by atoms with E-state index in [-0.39, 0.29) is 18.3 Å². The standard InChI is InChI=1S/C17H18N6O3/c1-3-26-13-6-4-12(5-7-13)20-14(24)10-19-16(25)15-21-17-18-9-8-11(2)23(17)22-15/h4-9H,3,10H2,1-2H3,(H,19,25)(H,20,24). The first kappa shape index (κ1) is 17.3. The second-order valence-electron chi connectivity index (χ2n) is 5.42. The van der Waals surface area contributed by atoms with Gasteiger partial charge in [-0.1, -0.05) is 0 Å². The van der Waals surface area contributed by atoms with E-state index in [9.17, 15) is 9.59 Å². The fourth-order valence-electron chi connectivity index (χ4n) is 2.25. The van der Waals surface area contributed by atoms with Crippen LogP contribution in [0.3, 0.4) is 0 Å². The van der Waals surface area contributed by atoms with Crippen molar-refractivity contribution in [2.45, 2.75) is 13.8 Å². The van der Waals surface area contributed by atoms with Crippen molar-refractivity contribution >= 4 is 23.3 Å². The van der Waals surface area contributed by atoms with Gasteiger partial charge in [0.1, 0.15) is 5.75 Å². The van der Waals surface area contributed by atoms with Crippen LogP contribution in [-0.4, -0.2) is 44.5 Å². The maximum Gasteiger partial charge on any atom is 0.291 e. The first-order valence-electron chi connectivity index (χ1n) is 8.06. The van der Waals surface area contributed by atoms with Crippen molar-refractivity contribution < 1.29 is 14.3 Å². The van der Waals surface area contributed by atoms with Gasteiger partial charge in [-0.05, 0) is 44.2 Å². The molecule has 3 rings (SSSR count). The number of carbonyl (C=O) groups excluding carboxylic acids is 2. The van der Waals surface area contributed by atoms with Crippen LogP contribution in [0.2, 0.25) is 0 Å². The Labute approximate surface area is 149 Å². The van der Waals surface area contributed by atoms with Gasteiger partial charge in [-0.15, -0.1) is 5.10 Å². The van der Waals surface area contributed by atoms with Gasteiger partial charge in [0.2, 0.25) is 11.7 Å². The molecule has 9 nitrogen and oxygen atoms in total. The van der Waals surface area contributed by atoms with E-state index in [1.807, 2.05) is 13.8 Å². The lowest BCUT2D eigenvalue weighted by molar-refractivity contribution is -0.115. The number of hydrogen-bond donors (Lipinski definition) is 2. The summed E-state index contributed by atoms with van der Waals surface area (Å²) in [5, 5.41) is 9.26. The Kier molecular flexibility index (Phi) is 5.07. The molecule has 0 unspecified atom stereocenters. The minimum Gasteiger partial charge on any atom is -0.494 e. The average molecular weight is 354 g/mol. The van der Waals surface area contributed by atoms with Crippen LogP contribution in [0.25, 0.3) is 5.78 Å². The van der Waals surface area contributed by atoms with Crippen LogP contribution in [0.5, 0.6) is 5.75 Å². The van der Waals surface area contributed by atoms with E-state index in [2.05, 4.69) is 25.7 Å². The highest BCUT2D eigenvalue weighted by molar-refractivity contribution is 5.97. The normalized spacial score (nSPS) is 10.5. The lowest BCUT2D eigenvalue weighted by atomic mass is 10.3.